The van der Waals surface area contributed by atoms with Gasteiger partial charge in [-0.1, -0.05) is 30.3 Å². The fourth-order valence-corrected chi connectivity index (χ4v) is 2.70. The molecular weight excluding hydrogens is 356 g/mol. The molecule has 7 nitrogen and oxygen atoms in total. The number of para-hydroxylation sites is 2. The van der Waals surface area contributed by atoms with Gasteiger partial charge in [0.05, 0.1) is 22.5 Å². The van der Waals surface area contributed by atoms with Crippen LogP contribution < -0.4 is 10.4 Å². The lowest BCUT2D eigenvalue weighted by atomic mass is 10.1. The third kappa shape index (κ3) is 3.88. The fourth-order valence-electron chi connectivity index (χ4n) is 2.70. The molecule has 1 aliphatic heterocycles. The summed E-state index contributed by atoms with van der Waals surface area (Å²) in [5.74, 6) is -0.851. The number of anilines is 1. The first-order chi connectivity index (χ1) is 13.4. The van der Waals surface area contributed by atoms with Gasteiger partial charge in [0, 0.05) is 12.2 Å². The van der Waals surface area contributed by atoms with Crippen LogP contribution in [0.4, 0.5) is 5.69 Å². The topological polar surface area (TPSA) is 85.2 Å². The first kappa shape index (κ1) is 19.2. The van der Waals surface area contributed by atoms with Crippen LogP contribution >= 0.6 is 0 Å². The largest absolute Gasteiger partial charge is 0.507 e. The summed E-state index contributed by atoms with van der Waals surface area (Å²) in [5, 5.41) is 17.1. The number of aromatic hydroxyl groups is 1. The SMILES string of the molecule is CC1=NN(c2ccccc2)C(=O)/C1=C/N(NC(=O)c1ccccc1O)C(C)C. The monoisotopic (exact) mass is 378 g/mol. The lowest BCUT2D eigenvalue weighted by Crippen LogP contribution is -2.43. The Morgan fingerprint density at radius 2 is 1.79 bits per heavy atom. The Morgan fingerprint density at radius 3 is 2.43 bits per heavy atom. The molecule has 0 unspecified atom stereocenters. The maximum absolute atomic E-state index is 12.8. The standard InChI is InChI=1S/C21H22N4O3/c1-14(2)24(23-20(27)17-11-7-8-12-19(17)26)13-18-15(3)22-25(21(18)28)16-9-5-4-6-10-16/h4-14,26H,1-3H3,(H,23,27)/b18-13+. The maximum Gasteiger partial charge on any atom is 0.282 e. The molecule has 2 aromatic carbocycles. The number of phenolic OH excluding ortho intramolecular Hbond substituents is 1. The molecule has 1 aliphatic rings. The van der Waals surface area contributed by atoms with Gasteiger partial charge in [-0.2, -0.15) is 10.1 Å². The predicted molar refractivity (Wildman–Crippen MR) is 108 cm³/mol. The van der Waals surface area contributed by atoms with Crippen LogP contribution in [-0.4, -0.2) is 33.7 Å². The molecule has 0 fully saturated rings. The molecule has 28 heavy (non-hydrogen) atoms. The zero-order chi connectivity index (χ0) is 20.3. The second-order valence-electron chi connectivity index (χ2n) is 6.64. The van der Waals surface area contributed by atoms with E-state index in [0.717, 1.165) is 0 Å². The van der Waals surface area contributed by atoms with Crippen LogP contribution in [0.3, 0.4) is 0 Å². The Morgan fingerprint density at radius 1 is 1.14 bits per heavy atom. The molecule has 2 amide bonds. The minimum atomic E-state index is -0.469. The molecule has 144 valence electrons. The molecule has 7 heteroatoms. The average molecular weight is 378 g/mol. The van der Waals surface area contributed by atoms with Gasteiger partial charge in [-0.3, -0.25) is 20.0 Å². The number of nitrogens with zero attached hydrogens (tertiary/aromatic N) is 3. The molecule has 2 aromatic rings. The molecule has 0 atom stereocenters. The molecule has 0 saturated heterocycles. The van der Waals surface area contributed by atoms with Gasteiger partial charge in [0.1, 0.15) is 5.75 Å². The van der Waals surface area contributed by atoms with Crippen molar-refractivity contribution in [3.8, 4) is 5.75 Å². The van der Waals surface area contributed by atoms with Crippen molar-refractivity contribution in [2.45, 2.75) is 26.8 Å². The van der Waals surface area contributed by atoms with Crippen molar-refractivity contribution in [3.05, 3.63) is 71.9 Å². The van der Waals surface area contributed by atoms with Crippen molar-refractivity contribution in [2.24, 2.45) is 5.10 Å². The molecule has 0 radical (unpaired) electrons. The molecule has 2 N–H and O–H groups in total. The summed E-state index contributed by atoms with van der Waals surface area (Å²) < 4.78 is 0. The number of rotatable bonds is 5. The van der Waals surface area contributed by atoms with E-state index in [1.54, 1.807) is 37.4 Å². The van der Waals surface area contributed by atoms with E-state index in [4.69, 9.17) is 0 Å². The van der Waals surface area contributed by atoms with Gasteiger partial charge in [-0.05, 0) is 45.0 Å². The van der Waals surface area contributed by atoms with Gasteiger partial charge in [-0.25, -0.2) is 0 Å². The number of hydrogen-bond donors (Lipinski definition) is 2. The maximum atomic E-state index is 12.8. The number of nitrogens with one attached hydrogen (secondary N) is 1. The van der Waals surface area contributed by atoms with Crippen molar-refractivity contribution in [1.82, 2.24) is 10.4 Å². The van der Waals surface area contributed by atoms with E-state index in [-0.39, 0.29) is 23.3 Å². The van der Waals surface area contributed by atoms with E-state index in [1.807, 2.05) is 32.0 Å². The molecular formula is C21H22N4O3. The van der Waals surface area contributed by atoms with Crippen molar-refractivity contribution in [2.75, 3.05) is 5.01 Å². The van der Waals surface area contributed by atoms with Crippen molar-refractivity contribution >= 4 is 23.2 Å². The second kappa shape index (κ2) is 7.96. The van der Waals surface area contributed by atoms with Gasteiger partial charge < -0.3 is 5.11 Å². The van der Waals surface area contributed by atoms with Crippen LogP contribution in [0.15, 0.2) is 71.5 Å². The molecule has 0 spiro atoms. The van der Waals surface area contributed by atoms with Crippen LogP contribution in [0.2, 0.25) is 0 Å². The normalized spacial score (nSPS) is 15.1. The first-order valence-electron chi connectivity index (χ1n) is 8.92. The highest BCUT2D eigenvalue weighted by molar-refractivity contribution is 6.29. The summed E-state index contributed by atoms with van der Waals surface area (Å²) in [6.45, 7) is 5.50. The summed E-state index contributed by atoms with van der Waals surface area (Å²) in [7, 11) is 0. The summed E-state index contributed by atoms with van der Waals surface area (Å²) in [6, 6.07) is 15.3. The third-order valence-corrected chi connectivity index (χ3v) is 4.27. The van der Waals surface area contributed by atoms with E-state index in [0.29, 0.717) is 17.0 Å². The smallest absolute Gasteiger partial charge is 0.282 e. The summed E-state index contributed by atoms with van der Waals surface area (Å²) in [6.07, 6.45) is 1.58. The zero-order valence-electron chi connectivity index (χ0n) is 16.0. The number of carbonyl (C=O) groups excluding carboxylic acids is 2. The molecule has 0 bridgehead atoms. The van der Waals surface area contributed by atoms with E-state index in [2.05, 4.69) is 10.5 Å². The Hall–Kier alpha value is -3.61. The van der Waals surface area contributed by atoms with Crippen LogP contribution in [0, 0.1) is 0 Å². The molecule has 0 saturated carbocycles. The lowest BCUT2D eigenvalue weighted by molar-refractivity contribution is -0.114. The van der Waals surface area contributed by atoms with Crippen molar-refractivity contribution in [1.29, 1.82) is 0 Å². The second-order valence-corrected chi connectivity index (χ2v) is 6.64. The summed E-state index contributed by atoms with van der Waals surface area (Å²) >= 11 is 0. The van der Waals surface area contributed by atoms with E-state index in [1.165, 1.54) is 22.2 Å². The van der Waals surface area contributed by atoms with Gasteiger partial charge in [0.15, 0.2) is 0 Å². The summed E-state index contributed by atoms with van der Waals surface area (Å²) in [5.41, 5.74) is 4.49. The average Bonchev–Trinajstić information content (AvgIpc) is 2.96. The Balaban J connectivity index is 1.85. The molecule has 0 aromatic heterocycles. The minimum Gasteiger partial charge on any atom is -0.507 e. The van der Waals surface area contributed by atoms with Crippen LogP contribution in [0.5, 0.6) is 5.75 Å². The number of benzene rings is 2. The number of phenols is 1. The highest BCUT2D eigenvalue weighted by atomic mass is 16.3. The minimum absolute atomic E-state index is 0.110. The number of carbonyl (C=O) groups is 2. The van der Waals surface area contributed by atoms with Crippen LogP contribution in [0.1, 0.15) is 31.1 Å². The Labute approximate surface area is 163 Å². The van der Waals surface area contributed by atoms with Gasteiger partial charge in [0.2, 0.25) is 0 Å². The quantitative estimate of drug-likeness (QED) is 0.619. The lowest BCUT2D eigenvalue weighted by Gasteiger charge is -2.26. The highest BCUT2D eigenvalue weighted by Crippen LogP contribution is 2.23. The predicted octanol–water partition coefficient (Wildman–Crippen LogP) is 3.05. The van der Waals surface area contributed by atoms with Crippen LogP contribution in [-0.2, 0) is 4.79 Å². The van der Waals surface area contributed by atoms with Gasteiger partial charge in [-0.15, -0.1) is 0 Å². The summed E-state index contributed by atoms with van der Waals surface area (Å²) in [4.78, 5) is 25.4. The van der Waals surface area contributed by atoms with Gasteiger partial charge in [0.25, 0.3) is 11.8 Å². The third-order valence-electron chi connectivity index (χ3n) is 4.27. The Bertz CT molecular complexity index is 951. The number of hydrogen-bond acceptors (Lipinski definition) is 5. The number of hydrazone groups is 1. The van der Waals surface area contributed by atoms with Crippen LogP contribution in [0.25, 0.3) is 0 Å². The zero-order valence-corrected chi connectivity index (χ0v) is 16.0. The van der Waals surface area contributed by atoms with E-state index >= 15 is 0 Å². The molecule has 1 heterocycles. The molecule has 0 aliphatic carbocycles. The van der Waals surface area contributed by atoms with E-state index < -0.39 is 5.91 Å². The number of hydrazine groups is 1. The fraction of sp³-hybridized carbons (Fsp3) is 0.190. The first-order valence-corrected chi connectivity index (χ1v) is 8.92. The highest BCUT2D eigenvalue weighted by Gasteiger charge is 2.30. The van der Waals surface area contributed by atoms with Crippen molar-refractivity contribution in [3.63, 3.8) is 0 Å². The van der Waals surface area contributed by atoms with Crippen molar-refractivity contribution < 1.29 is 14.7 Å². The van der Waals surface area contributed by atoms with Gasteiger partial charge >= 0.3 is 0 Å². The molecule has 3 rings (SSSR count). The van der Waals surface area contributed by atoms with E-state index in [9.17, 15) is 14.7 Å². The Kier molecular flexibility index (Phi) is 5.44. The number of amides is 2.